The molecule has 6 heteroatoms. The molecule has 2 rings (SSSR count). The molecule has 0 spiro atoms. The molecular weight excluding hydrogens is 338 g/mol. The molecule has 0 aliphatic carbocycles. The summed E-state index contributed by atoms with van der Waals surface area (Å²) < 4.78 is 0. The van der Waals surface area contributed by atoms with E-state index in [1.54, 1.807) is 0 Å². The first-order valence-corrected chi connectivity index (χ1v) is 5.25. The smallest absolute Gasteiger partial charge is 0.662 e. The van der Waals surface area contributed by atoms with Crippen LogP contribution >= 0.6 is 37.2 Å². The zero-order valence-corrected chi connectivity index (χ0v) is 15.3. The van der Waals surface area contributed by atoms with E-state index in [-0.39, 0.29) is 66.4 Å². The summed E-state index contributed by atoms with van der Waals surface area (Å²) in [6.07, 6.45) is 2.44. The monoisotopic (exact) mass is 361 g/mol. The van der Waals surface area contributed by atoms with Gasteiger partial charge in [0.15, 0.2) is 0 Å². The van der Waals surface area contributed by atoms with Crippen molar-refractivity contribution in [3.63, 3.8) is 0 Å². The second kappa shape index (κ2) is 27.1. The van der Waals surface area contributed by atoms with Gasteiger partial charge in [-0.25, -0.2) is 0 Å². The predicted octanol–water partition coefficient (Wildman–Crippen LogP) is 3.94. The molecule has 19 heavy (non-hydrogen) atoms. The van der Waals surface area contributed by atoms with Gasteiger partial charge in [-0.3, -0.25) is 0 Å². The Morgan fingerprint density at radius 3 is 1.63 bits per heavy atom. The fourth-order valence-corrected chi connectivity index (χ4v) is 1.21. The molecule has 1 heterocycles. The predicted molar refractivity (Wildman–Crippen MR) is 88.6 cm³/mol. The van der Waals surface area contributed by atoms with E-state index in [1.165, 1.54) is 12.8 Å². The molecule has 0 unspecified atom stereocenters. The van der Waals surface area contributed by atoms with Crippen LogP contribution in [0.4, 0.5) is 0 Å². The molecule has 1 aliphatic rings. The Bertz CT molecular complexity index is 166. The Morgan fingerprint density at radius 2 is 1.32 bits per heavy atom. The number of hydrogen-bond acceptors (Lipinski definition) is 1. The summed E-state index contributed by atoms with van der Waals surface area (Å²) in [7, 11) is 0. The second-order valence-electron chi connectivity index (χ2n) is 3.21. The maximum absolute atomic E-state index is 4.29. The average Bonchev–Trinajstić information content (AvgIpc) is 2.20. The van der Waals surface area contributed by atoms with Crippen molar-refractivity contribution in [1.29, 1.82) is 0 Å². The molecule has 1 aliphatic heterocycles. The third-order valence-corrected chi connectivity index (χ3v) is 1.95. The summed E-state index contributed by atoms with van der Waals surface area (Å²) in [6, 6.07) is 12.5. The first-order chi connectivity index (χ1) is 7.00. The van der Waals surface area contributed by atoms with E-state index in [4.69, 9.17) is 0 Å². The van der Waals surface area contributed by atoms with E-state index >= 15 is 0 Å². The van der Waals surface area contributed by atoms with E-state index in [0.29, 0.717) is 0 Å². The van der Waals surface area contributed by atoms with Crippen LogP contribution in [0, 0.1) is 13.5 Å². The standard InChI is InChI=1S/C6H13N2.C6H5.CH3.3ClH.Ti/c1-3-7-5-2-6-8-4-1;1-2-4-6-5-3-1;;;;;/h7H,1-6H2;1-5H;1H3;3*1H;/q3*-1;;;;+3. The van der Waals surface area contributed by atoms with Gasteiger partial charge in [0.1, 0.15) is 0 Å². The minimum Gasteiger partial charge on any atom is -0.662 e. The molecule has 1 saturated heterocycles. The van der Waals surface area contributed by atoms with Gasteiger partial charge in [0, 0.05) is 0 Å². The Balaban J connectivity index is -0.0000000555. The molecule has 2 nitrogen and oxygen atoms in total. The van der Waals surface area contributed by atoms with Crippen LogP contribution in [0.2, 0.25) is 0 Å². The van der Waals surface area contributed by atoms with Crippen molar-refractivity contribution in [2.75, 3.05) is 26.2 Å². The molecule has 1 aromatic rings. The molecule has 1 aromatic carbocycles. The summed E-state index contributed by atoms with van der Waals surface area (Å²) in [5.74, 6) is 0. The van der Waals surface area contributed by atoms with Gasteiger partial charge in [0.2, 0.25) is 0 Å². The number of nitrogens with zero attached hydrogens (tertiary/aromatic N) is 1. The van der Waals surface area contributed by atoms with Gasteiger partial charge in [-0.1, -0.05) is 12.8 Å². The number of rotatable bonds is 0. The van der Waals surface area contributed by atoms with Gasteiger partial charge in [-0.05, 0) is 13.1 Å². The van der Waals surface area contributed by atoms with Crippen molar-refractivity contribution in [2.24, 2.45) is 0 Å². The fraction of sp³-hybridized carbons (Fsp3) is 0.462. The summed E-state index contributed by atoms with van der Waals surface area (Å²) in [5, 5.41) is 7.62. The maximum Gasteiger partial charge on any atom is 3.00 e. The molecule has 0 bridgehead atoms. The van der Waals surface area contributed by atoms with Gasteiger partial charge in [-0.2, -0.15) is 36.4 Å². The molecule has 0 saturated carbocycles. The molecule has 0 amide bonds. The van der Waals surface area contributed by atoms with Crippen molar-refractivity contribution in [1.82, 2.24) is 5.32 Å². The van der Waals surface area contributed by atoms with Gasteiger partial charge < -0.3 is 18.1 Å². The minimum absolute atomic E-state index is 0. The third-order valence-electron chi connectivity index (χ3n) is 1.95. The molecule has 1 N–H and O–H groups in total. The van der Waals surface area contributed by atoms with E-state index < -0.39 is 0 Å². The topological polar surface area (TPSA) is 26.1 Å². The van der Waals surface area contributed by atoms with Crippen molar-refractivity contribution in [2.45, 2.75) is 12.8 Å². The maximum atomic E-state index is 4.29. The normalized spacial score (nSPS) is 12.6. The van der Waals surface area contributed by atoms with Crippen LogP contribution in [0.3, 0.4) is 0 Å². The van der Waals surface area contributed by atoms with Crippen LogP contribution in [0.1, 0.15) is 12.8 Å². The van der Waals surface area contributed by atoms with E-state index in [2.05, 4.69) is 16.7 Å². The zero-order chi connectivity index (χ0) is 9.90. The average molecular weight is 363 g/mol. The second-order valence-corrected chi connectivity index (χ2v) is 3.21. The van der Waals surface area contributed by atoms with Crippen LogP contribution in [-0.2, 0) is 21.7 Å². The van der Waals surface area contributed by atoms with E-state index in [0.717, 1.165) is 26.2 Å². The van der Waals surface area contributed by atoms with Crippen molar-refractivity contribution >= 4 is 37.2 Å². The first-order valence-electron chi connectivity index (χ1n) is 5.25. The van der Waals surface area contributed by atoms with Gasteiger partial charge in [-0.15, -0.1) is 50.3 Å². The molecule has 111 valence electrons. The van der Waals surface area contributed by atoms with Crippen molar-refractivity contribution < 1.29 is 21.7 Å². The molecule has 0 atom stereocenters. The van der Waals surface area contributed by atoms with E-state index in [9.17, 15) is 0 Å². The van der Waals surface area contributed by atoms with Gasteiger partial charge in [0.05, 0.1) is 0 Å². The van der Waals surface area contributed by atoms with Crippen molar-refractivity contribution in [3.05, 3.63) is 49.1 Å². The Kier molecular flexibility index (Phi) is 45.5. The molecule has 1 fully saturated rings. The van der Waals surface area contributed by atoms with Crippen molar-refractivity contribution in [3.8, 4) is 0 Å². The number of hydrogen-bond donors (Lipinski definition) is 1. The summed E-state index contributed by atoms with van der Waals surface area (Å²) in [5.41, 5.74) is 0. The van der Waals surface area contributed by atoms with E-state index in [1.807, 2.05) is 30.3 Å². The fourth-order valence-electron chi connectivity index (χ4n) is 1.21. The summed E-state index contributed by atoms with van der Waals surface area (Å²) >= 11 is 0. The minimum atomic E-state index is 0. The number of halogens is 3. The van der Waals surface area contributed by atoms with Crippen LogP contribution in [0.15, 0.2) is 30.3 Å². The van der Waals surface area contributed by atoms with Crippen LogP contribution in [0.5, 0.6) is 0 Å². The number of benzene rings is 1. The zero-order valence-electron chi connectivity index (χ0n) is 11.3. The number of nitrogens with one attached hydrogen (secondary N) is 1. The van der Waals surface area contributed by atoms with Crippen LogP contribution in [-0.4, -0.2) is 26.2 Å². The SMILES string of the molecule is C1C[N-]CCCNC1.Cl.Cl.Cl.[CH3-].[Ti+3].[c-]1ccccc1. The first kappa shape index (κ1) is 31.9. The Hall–Kier alpha value is 0.724. The van der Waals surface area contributed by atoms with Crippen LogP contribution in [0.25, 0.3) is 5.32 Å². The summed E-state index contributed by atoms with van der Waals surface area (Å²) in [6.45, 7) is 4.44. The third kappa shape index (κ3) is 24.2. The van der Waals surface area contributed by atoms with Gasteiger partial charge in [0.25, 0.3) is 0 Å². The van der Waals surface area contributed by atoms with Gasteiger partial charge >= 0.3 is 21.7 Å². The Morgan fingerprint density at radius 1 is 0.842 bits per heavy atom. The molecular formula is C13H24Cl3N2Ti. The largest absolute Gasteiger partial charge is 3.00 e. The quantitative estimate of drug-likeness (QED) is 0.549. The Labute approximate surface area is 152 Å². The van der Waals surface area contributed by atoms with Crippen LogP contribution < -0.4 is 5.32 Å². The molecule has 1 radical (unpaired) electrons. The molecule has 0 aromatic heterocycles. The summed E-state index contributed by atoms with van der Waals surface area (Å²) in [4.78, 5) is 0.